The molecular formula is C15H24N2O2. The molecular weight excluding hydrogens is 240 g/mol. The Morgan fingerprint density at radius 3 is 2.42 bits per heavy atom. The SMILES string of the molecule is CC1NC(=O)C(C)(C2CC2)N(CC2CCCC2)C1=O. The van der Waals surface area contributed by atoms with Crippen LogP contribution in [0.15, 0.2) is 0 Å². The molecule has 2 aliphatic carbocycles. The van der Waals surface area contributed by atoms with Crippen molar-refractivity contribution in [1.29, 1.82) is 0 Å². The van der Waals surface area contributed by atoms with Gasteiger partial charge in [0.2, 0.25) is 11.8 Å². The average Bonchev–Trinajstić information content (AvgIpc) is 3.11. The summed E-state index contributed by atoms with van der Waals surface area (Å²) in [6, 6.07) is -0.360. The third-order valence-electron chi connectivity index (χ3n) is 5.29. The van der Waals surface area contributed by atoms with Crippen molar-refractivity contribution in [2.24, 2.45) is 11.8 Å². The zero-order valence-electron chi connectivity index (χ0n) is 11.9. The van der Waals surface area contributed by atoms with Crippen LogP contribution in [0, 0.1) is 11.8 Å². The third-order valence-corrected chi connectivity index (χ3v) is 5.29. The quantitative estimate of drug-likeness (QED) is 0.843. The second-order valence-corrected chi connectivity index (χ2v) is 6.72. The van der Waals surface area contributed by atoms with Crippen LogP contribution in [0.4, 0.5) is 0 Å². The number of nitrogens with one attached hydrogen (secondary N) is 1. The molecule has 0 bridgehead atoms. The van der Waals surface area contributed by atoms with E-state index in [1.807, 2.05) is 11.8 Å². The lowest BCUT2D eigenvalue weighted by Gasteiger charge is -2.47. The molecule has 0 aromatic heterocycles. The van der Waals surface area contributed by atoms with Gasteiger partial charge in [0.25, 0.3) is 0 Å². The Balaban J connectivity index is 1.85. The van der Waals surface area contributed by atoms with Gasteiger partial charge in [-0.15, -0.1) is 0 Å². The van der Waals surface area contributed by atoms with Crippen LogP contribution in [0.1, 0.15) is 52.4 Å². The van der Waals surface area contributed by atoms with E-state index < -0.39 is 5.54 Å². The lowest BCUT2D eigenvalue weighted by atomic mass is 9.87. The lowest BCUT2D eigenvalue weighted by Crippen LogP contribution is -2.70. The number of rotatable bonds is 3. The summed E-state index contributed by atoms with van der Waals surface area (Å²) >= 11 is 0. The number of carbonyl (C=O) groups excluding carboxylic acids is 2. The normalized spacial score (nSPS) is 36.7. The summed E-state index contributed by atoms with van der Waals surface area (Å²) in [5.74, 6) is 1.13. The molecule has 3 aliphatic rings. The number of hydrogen-bond donors (Lipinski definition) is 1. The van der Waals surface area contributed by atoms with Gasteiger partial charge < -0.3 is 10.2 Å². The number of hydrogen-bond acceptors (Lipinski definition) is 2. The Morgan fingerprint density at radius 2 is 1.84 bits per heavy atom. The minimum absolute atomic E-state index is 0.0556. The molecule has 19 heavy (non-hydrogen) atoms. The van der Waals surface area contributed by atoms with Crippen molar-refractivity contribution < 1.29 is 9.59 Å². The summed E-state index contributed by atoms with van der Waals surface area (Å²) in [5.41, 5.74) is -0.591. The van der Waals surface area contributed by atoms with Gasteiger partial charge in [-0.3, -0.25) is 9.59 Å². The molecule has 106 valence electrons. The van der Waals surface area contributed by atoms with E-state index in [9.17, 15) is 9.59 Å². The van der Waals surface area contributed by atoms with Crippen molar-refractivity contribution in [2.75, 3.05) is 6.54 Å². The molecule has 2 amide bonds. The average molecular weight is 264 g/mol. The second-order valence-electron chi connectivity index (χ2n) is 6.72. The Kier molecular flexibility index (Phi) is 3.06. The van der Waals surface area contributed by atoms with Gasteiger partial charge in [0.05, 0.1) is 0 Å². The van der Waals surface area contributed by atoms with Crippen molar-refractivity contribution in [2.45, 2.75) is 64.0 Å². The van der Waals surface area contributed by atoms with Crippen molar-refractivity contribution in [1.82, 2.24) is 10.2 Å². The fourth-order valence-corrected chi connectivity index (χ4v) is 3.77. The standard InChI is InChI=1S/C15H24N2O2/c1-10-13(18)17(9-11-5-3-4-6-11)15(2,12-7-8-12)14(19)16-10/h10-12H,3-9H2,1-2H3,(H,16,19). The Labute approximate surface area is 114 Å². The third kappa shape index (κ3) is 2.05. The molecule has 4 nitrogen and oxygen atoms in total. The van der Waals surface area contributed by atoms with Crippen LogP contribution < -0.4 is 5.32 Å². The molecule has 4 heteroatoms. The minimum atomic E-state index is -0.591. The monoisotopic (exact) mass is 264 g/mol. The van der Waals surface area contributed by atoms with Gasteiger partial charge in [0.15, 0.2) is 0 Å². The van der Waals surface area contributed by atoms with Crippen LogP contribution in [0.25, 0.3) is 0 Å². The predicted octanol–water partition coefficient (Wildman–Crippen LogP) is 1.69. The fraction of sp³-hybridized carbons (Fsp3) is 0.867. The zero-order chi connectivity index (χ0) is 13.6. The van der Waals surface area contributed by atoms with Gasteiger partial charge in [-0.25, -0.2) is 0 Å². The van der Waals surface area contributed by atoms with E-state index in [1.165, 1.54) is 25.7 Å². The van der Waals surface area contributed by atoms with Crippen LogP contribution in [0.3, 0.4) is 0 Å². The van der Waals surface area contributed by atoms with Gasteiger partial charge in [-0.2, -0.15) is 0 Å². The highest BCUT2D eigenvalue weighted by Gasteiger charge is 2.56. The van der Waals surface area contributed by atoms with Crippen LogP contribution in [-0.4, -0.2) is 34.8 Å². The van der Waals surface area contributed by atoms with Gasteiger partial charge in [-0.1, -0.05) is 12.8 Å². The molecule has 3 fully saturated rings. The molecule has 1 N–H and O–H groups in total. The maximum absolute atomic E-state index is 12.5. The van der Waals surface area contributed by atoms with Crippen LogP contribution in [0.2, 0.25) is 0 Å². The van der Waals surface area contributed by atoms with E-state index in [1.54, 1.807) is 6.92 Å². The summed E-state index contributed by atoms with van der Waals surface area (Å²) in [7, 11) is 0. The molecule has 2 saturated carbocycles. The van der Waals surface area contributed by atoms with Gasteiger partial charge in [0.1, 0.15) is 11.6 Å². The Bertz CT molecular complexity index is 399. The largest absolute Gasteiger partial charge is 0.343 e. The maximum atomic E-state index is 12.5. The van der Waals surface area contributed by atoms with Crippen molar-refractivity contribution in [3.05, 3.63) is 0 Å². The Morgan fingerprint density at radius 1 is 1.21 bits per heavy atom. The second kappa shape index (κ2) is 4.50. The highest BCUT2D eigenvalue weighted by molar-refractivity contribution is 5.99. The van der Waals surface area contributed by atoms with E-state index in [0.29, 0.717) is 11.8 Å². The number of piperazine rings is 1. The highest BCUT2D eigenvalue weighted by atomic mass is 16.2. The molecule has 0 radical (unpaired) electrons. The van der Waals surface area contributed by atoms with Crippen LogP contribution in [-0.2, 0) is 9.59 Å². The summed E-state index contributed by atoms with van der Waals surface area (Å²) in [6.45, 7) is 4.55. The lowest BCUT2D eigenvalue weighted by molar-refractivity contribution is -0.158. The fourth-order valence-electron chi connectivity index (χ4n) is 3.77. The first-order valence-corrected chi connectivity index (χ1v) is 7.66. The van der Waals surface area contributed by atoms with Crippen molar-refractivity contribution in [3.63, 3.8) is 0 Å². The van der Waals surface area contributed by atoms with Gasteiger partial charge >= 0.3 is 0 Å². The van der Waals surface area contributed by atoms with E-state index in [2.05, 4.69) is 5.32 Å². The molecule has 0 aromatic rings. The zero-order valence-corrected chi connectivity index (χ0v) is 11.9. The van der Waals surface area contributed by atoms with Crippen LogP contribution in [0.5, 0.6) is 0 Å². The first kappa shape index (κ1) is 12.9. The topological polar surface area (TPSA) is 49.4 Å². The first-order valence-electron chi connectivity index (χ1n) is 7.66. The number of amides is 2. The first-order chi connectivity index (χ1) is 9.03. The summed E-state index contributed by atoms with van der Waals surface area (Å²) < 4.78 is 0. The van der Waals surface area contributed by atoms with Crippen molar-refractivity contribution in [3.8, 4) is 0 Å². The highest BCUT2D eigenvalue weighted by Crippen LogP contribution is 2.45. The Hall–Kier alpha value is -1.06. The minimum Gasteiger partial charge on any atom is -0.343 e. The summed E-state index contributed by atoms with van der Waals surface area (Å²) in [6.07, 6.45) is 7.11. The van der Waals surface area contributed by atoms with Crippen LogP contribution >= 0.6 is 0 Å². The van der Waals surface area contributed by atoms with E-state index in [-0.39, 0.29) is 17.9 Å². The van der Waals surface area contributed by atoms with E-state index >= 15 is 0 Å². The molecule has 1 saturated heterocycles. The van der Waals surface area contributed by atoms with Gasteiger partial charge in [-0.05, 0) is 51.4 Å². The summed E-state index contributed by atoms with van der Waals surface area (Å²) in [5, 5.41) is 2.87. The molecule has 1 heterocycles. The van der Waals surface area contributed by atoms with Crippen molar-refractivity contribution >= 4 is 11.8 Å². The smallest absolute Gasteiger partial charge is 0.246 e. The van der Waals surface area contributed by atoms with E-state index in [4.69, 9.17) is 0 Å². The molecule has 2 atom stereocenters. The summed E-state index contributed by atoms with van der Waals surface area (Å²) in [4.78, 5) is 26.9. The van der Waals surface area contributed by atoms with Gasteiger partial charge in [0, 0.05) is 6.54 Å². The molecule has 0 aromatic carbocycles. The number of nitrogens with zero attached hydrogens (tertiary/aromatic N) is 1. The predicted molar refractivity (Wildman–Crippen MR) is 72.4 cm³/mol. The van der Waals surface area contributed by atoms with E-state index in [0.717, 1.165) is 19.4 Å². The molecule has 3 rings (SSSR count). The molecule has 2 unspecified atom stereocenters. The number of carbonyl (C=O) groups is 2. The maximum Gasteiger partial charge on any atom is 0.246 e. The molecule has 0 spiro atoms. The molecule has 1 aliphatic heterocycles.